The minimum Gasteiger partial charge on any atom is -0.500 e. The Kier molecular flexibility index (Phi) is 8.79. The van der Waals surface area contributed by atoms with Crippen LogP contribution < -0.4 is 14.2 Å². The maximum atomic E-state index is 12.9. The molecule has 0 aliphatic carbocycles. The zero-order valence-electron chi connectivity index (χ0n) is 21.5. The average molecular weight is 529 g/mol. The first-order valence-corrected chi connectivity index (χ1v) is 11.3. The van der Waals surface area contributed by atoms with Gasteiger partial charge in [-0.3, -0.25) is 10.1 Å². The van der Waals surface area contributed by atoms with E-state index >= 15 is 0 Å². The Bertz CT molecular complexity index is 1270. The van der Waals surface area contributed by atoms with Crippen LogP contribution >= 0.6 is 0 Å². The van der Waals surface area contributed by atoms with Gasteiger partial charge in [0.05, 0.1) is 57.5 Å². The number of carbonyl (C=O) groups is 2. The SMILES string of the molecule is COC(=O)C1=CN(CCc2ccc(OC)c(OC)c2)C=C(C(=O)OC)C1c1cc(OC)c(O)c([N+](=O)[O-])c1. The Balaban J connectivity index is 2.07. The second kappa shape index (κ2) is 12.0. The zero-order chi connectivity index (χ0) is 28.0. The van der Waals surface area contributed by atoms with Crippen molar-refractivity contribution < 1.29 is 43.3 Å². The van der Waals surface area contributed by atoms with E-state index in [0.717, 1.165) is 11.6 Å². The van der Waals surface area contributed by atoms with E-state index in [0.29, 0.717) is 24.5 Å². The van der Waals surface area contributed by atoms with Crippen molar-refractivity contribution in [2.24, 2.45) is 0 Å². The number of hydrogen-bond acceptors (Lipinski definition) is 11. The summed E-state index contributed by atoms with van der Waals surface area (Å²) in [6, 6.07) is 7.86. The topological polar surface area (TPSA) is 147 Å². The van der Waals surface area contributed by atoms with Crippen LogP contribution in [0.4, 0.5) is 5.69 Å². The molecule has 3 rings (SSSR count). The highest BCUT2D eigenvalue weighted by Crippen LogP contribution is 2.44. The van der Waals surface area contributed by atoms with Crippen LogP contribution in [0.1, 0.15) is 17.0 Å². The lowest BCUT2D eigenvalue weighted by molar-refractivity contribution is -0.386. The molecular weight excluding hydrogens is 500 g/mol. The molecule has 202 valence electrons. The van der Waals surface area contributed by atoms with Crippen molar-refractivity contribution in [3.63, 3.8) is 0 Å². The average Bonchev–Trinajstić information content (AvgIpc) is 2.94. The number of benzene rings is 2. The van der Waals surface area contributed by atoms with Gasteiger partial charge in [-0.05, 0) is 35.7 Å². The molecule has 0 saturated carbocycles. The van der Waals surface area contributed by atoms with Gasteiger partial charge in [0.1, 0.15) is 0 Å². The molecule has 0 aromatic heterocycles. The molecule has 0 radical (unpaired) electrons. The number of nitrogens with zero attached hydrogens (tertiary/aromatic N) is 2. The fourth-order valence-corrected chi connectivity index (χ4v) is 4.15. The highest BCUT2D eigenvalue weighted by molar-refractivity contribution is 5.98. The lowest BCUT2D eigenvalue weighted by Crippen LogP contribution is -2.29. The van der Waals surface area contributed by atoms with Crippen molar-refractivity contribution in [2.45, 2.75) is 12.3 Å². The smallest absolute Gasteiger partial charge is 0.336 e. The van der Waals surface area contributed by atoms with E-state index in [-0.39, 0.29) is 22.5 Å². The first-order chi connectivity index (χ1) is 18.2. The molecule has 0 amide bonds. The Morgan fingerprint density at radius 2 is 1.47 bits per heavy atom. The lowest BCUT2D eigenvalue weighted by atomic mass is 9.83. The van der Waals surface area contributed by atoms with E-state index in [1.165, 1.54) is 54.0 Å². The molecule has 0 fully saturated rings. The minimum atomic E-state index is -1.10. The van der Waals surface area contributed by atoms with Gasteiger partial charge in [-0.1, -0.05) is 6.07 Å². The van der Waals surface area contributed by atoms with Crippen molar-refractivity contribution in [1.82, 2.24) is 4.90 Å². The molecular formula is C26H28N2O10. The number of rotatable bonds is 10. The molecule has 0 atom stereocenters. The molecule has 1 N–H and O–H groups in total. The zero-order valence-corrected chi connectivity index (χ0v) is 21.5. The molecule has 0 spiro atoms. The Hall–Kier alpha value is -4.74. The third kappa shape index (κ3) is 5.64. The van der Waals surface area contributed by atoms with Crippen molar-refractivity contribution in [3.05, 3.63) is 75.1 Å². The van der Waals surface area contributed by atoms with Crippen molar-refractivity contribution in [2.75, 3.05) is 42.1 Å². The second-order valence-electron chi connectivity index (χ2n) is 8.11. The minimum absolute atomic E-state index is 0.0322. The van der Waals surface area contributed by atoms with Gasteiger partial charge in [0, 0.05) is 25.0 Å². The van der Waals surface area contributed by atoms with Gasteiger partial charge in [0.15, 0.2) is 17.2 Å². The van der Waals surface area contributed by atoms with Crippen LogP contribution in [0.2, 0.25) is 0 Å². The van der Waals surface area contributed by atoms with Gasteiger partial charge in [-0.15, -0.1) is 0 Å². The quantitative estimate of drug-likeness (QED) is 0.276. The van der Waals surface area contributed by atoms with E-state index in [9.17, 15) is 24.8 Å². The fourth-order valence-electron chi connectivity index (χ4n) is 4.15. The number of hydrogen-bond donors (Lipinski definition) is 1. The molecule has 38 heavy (non-hydrogen) atoms. The summed E-state index contributed by atoms with van der Waals surface area (Å²) < 4.78 is 25.7. The Morgan fingerprint density at radius 3 is 1.97 bits per heavy atom. The number of methoxy groups -OCH3 is 5. The molecule has 1 aliphatic rings. The summed E-state index contributed by atoms with van der Waals surface area (Å²) in [4.78, 5) is 38.2. The van der Waals surface area contributed by atoms with Crippen LogP contribution in [-0.2, 0) is 25.5 Å². The molecule has 1 heterocycles. The first-order valence-electron chi connectivity index (χ1n) is 11.3. The number of phenols is 1. The van der Waals surface area contributed by atoms with Crippen LogP contribution in [0.15, 0.2) is 53.9 Å². The molecule has 12 heteroatoms. The van der Waals surface area contributed by atoms with Crippen LogP contribution in [0.3, 0.4) is 0 Å². The van der Waals surface area contributed by atoms with Gasteiger partial charge in [-0.2, -0.15) is 0 Å². The standard InChI is InChI=1S/C26H28N2O10/c1-34-20-7-6-15(10-21(20)35-2)8-9-27-13-17(25(30)37-4)23(18(14-27)26(31)38-5)16-11-19(28(32)33)24(29)22(12-16)36-3/h6-7,10-14,23,29H,8-9H2,1-5H3. The van der Waals surface area contributed by atoms with Crippen molar-refractivity contribution in [1.29, 1.82) is 0 Å². The van der Waals surface area contributed by atoms with Crippen LogP contribution in [0.5, 0.6) is 23.0 Å². The maximum Gasteiger partial charge on any atom is 0.336 e. The Labute approximate surface area is 218 Å². The molecule has 2 aromatic rings. The summed E-state index contributed by atoms with van der Waals surface area (Å²) in [6.45, 7) is 0.349. The van der Waals surface area contributed by atoms with E-state index in [1.54, 1.807) is 11.0 Å². The van der Waals surface area contributed by atoms with Gasteiger partial charge in [-0.25, -0.2) is 9.59 Å². The monoisotopic (exact) mass is 528 g/mol. The third-order valence-corrected chi connectivity index (χ3v) is 6.01. The number of ether oxygens (including phenoxy) is 5. The summed E-state index contributed by atoms with van der Waals surface area (Å²) >= 11 is 0. The van der Waals surface area contributed by atoms with Gasteiger partial charge in [0.2, 0.25) is 5.75 Å². The summed E-state index contributed by atoms with van der Waals surface area (Å²) in [6.07, 6.45) is 3.52. The van der Waals surface area contributed by atoms with E-state index in [4.69, 9.17) is 23.7 Å². The molecule has 0 unspecified atom stereocenters. The number of esters is 2. The van der Waals surface area contributed by atoms with E-state index in [1.807, 2.05) is 12.1 Å². The van der Waals surface area contributed by atoms with E-state index in [2.05, 4.69) is 0 Å². The Morgan fingerprint density at radius 1 is 0.895 bits per heavy atom. The first kappa shape index (κ1) is 27.8. The highest BCUT2D eigenvalue weighted by Gasteiger charge is 2.37. The predicted molar refractivity (Wildman–Crippen MR) is 134 cm³/mol. The van der Waals surface area contributed by atoms with Gasteiger partial charge < -0.3 is 33.7 Å². The van der Waals surface area contributed by atoms with Crippen LogP contribution in [0, 0.1) is 10.1 Å². The second-order valence-corrected chi connectivity index (χ2v) is 8.11. The number of nitro benzene ring substituents is 1. The van der Waals surface area contributed by atoms with Crippen LogP contribution in [0.25, 0.3) is 0 Å². The summed E-state index contributed by atoms with van der Waals surface area (Å²) in [5, 5.41) is 21.8. The normalized spacial score (nSPS) is 13.2. The molecule has 2 aromatic carbocycles. The number of carbonyl (C=O) groups excluding carboxylic acids is 2. The molecule has 12 nitrogen and oxygen atoms in total. The number of nitro groups is 1. The number of phenolic OH excluding ortho intramolecular Hbond substituents is 1. The summed E-state index contributed by atoms with van der Waals surface area (Å²) in [5.41, 5.74) is 0.474. The molecule has 0 bridgehead atoms. The summed E-state index contributed by atoms with van der Waals surface area (Å²) in [7, 11) is 6.67. The van der Waals surface area contributed by atoms with Gasteiger partial charge in [0.25, 0.3) is 0 Å². The fraction of sp³-hybridized carbons (Fsp3) is 0.308. The predicted octanol–water partition coefficient (Wildman–Crippen LogP) is 3.08. The largest absolute Gasteiger partial charge is 0.500 e. The lowest BCUT2D eigenvalue weighted by Gasteiger charge is -2.30. The number of aromatic hydroxyl groups is 1. The molecule has 0 saturated heterocycles. The van der Waals surface area contributed by atoms with Crippen molar-refractivity contribution >= 4 is 17.6 Å². The van der Waals surface area contributed by atoms with Crippen molar-refractivity contribution in [3.8, 4) is 23.0 Å². The summed E-state index contributed by atoms with van der Waals surface area (Å²) in [5.74, 6) is -2.34. The van der Waals surface area contributed by atoms with Gasteiger partial charge >= 0.3 is 17.6 Å². The van der Waals surface area contributed by atoms with Crippen LogP contribution in [-0.4, -0.2) is 69.0 Å². The highest BCUT2D eigenvalue weighted by atomic mass is 16.6. The van der Waals surface area contributed by atoms with E-state index < -0.39 is 34.2 Å². The third-order valence-electron chi connectivity index (χ3n) is 6.01. The molecule has 1 aliphatic heterocycles. The maximum absolute atomic E-state index is 12.9.